The monoisotopic (exact) mass is 813 g/mol. The topological polar surface area (TPSA) is 146 Å². The van der Waals surface area contributed by atoms with Gasteiger partial charge >= 0.3 is 5.69 Å². The van der Waals surface area contributed by atoms with Gasteiger partial charge in [0.15, 0.2) is 0 Å². The molecule has 1 unspecified atom stereocenters. The van der Waals surface area contributed by atoms with E-state index in [9.17, 15) is 14.9 Å². The lowest BCUT2D eigenvalue weighted by atomic mass is 9.80. The molecule has 2 heterocycles. The van der Waals surface area contributed by atoms with E-state index in [0.29, 0.717) is 11.5 Å². The van der Waals surface area contributed by atoms with Gasteiger partial charge in [0.1, 0.15) is 41.4 Å². The number of anilines is 1. The first-order chi connectivity index (χ1) is 27.8. The lowest BCUT2D eigenvalue weighted by Crippen LogP contribution is -2.40. The Morgan fingerprint density at radius 1 is 0.914 bits per heavy atom. The Labute approximate surface area is 343 Å². The summed E-state index contributed by atoms with van der Waals surface area (Å²) < 4.78 is 42.2. The van der Waals surface area contributed by atoms with Crippen LogP contribution in [0.25, 0.3) is 0 Å². The Morgan fingerprint density at radius 3 is 1.98 bits per heavy atom. The molecule has 1 aromatic heterocycles. The highest BCUT2D eigenvalue weighted by atomic mass is 31.2. The minimum atomic E-state index is -1.71. The number of amides is 1. The number of nitrogens with zero attached hydrogens (tertiary/aromatic N) is 4. The lowest BCUT2D eigenvalue weighted by Gasteiger charge is -2.39. The molecule has 14 heteroatoms. The zero-order valence-corrected chi connectivity index (χ0v) is 35.7. The number of methoxy groups -OCH3 is 2. The standard InChI is InChI=1S/C44H56N5O8P/c1-29(2)41(50)46-39-24-26-48(43(51)47-39)42-32(7)40(57-58(55-27-13-25-45)49(30(3)4)31(5)6)38(56-42)28-54-44(33-14-11-10-12-15-33,34-16-20-36(52-8)21-17-34)35-18-22-37(53-9)23-19-35/h10-12,14-24,26,29-32,38,40,42H,13,27-28H2,1-9H3,(H,46,47,50,51)/t32-,38+,40-,42+,58?/m0/s1. The number of carbonyl (C=O) groups excluding carboxylic acids is 1. The summed E-state index contributed by atoms with van der Waals surface area (Å²) in [6, 6.07) is 29.4. The first-order valence-corrected chi connectivity index (χ1v) is 20.8. The van der Waals surface area contributed by atoms with Gasteiger partial charge in [-0.1, -0.05) is 75.4 Å². The average molecular weight is 814 g/mol. The summed E-state index contributed by atoms with van der Waals surface area (Å²) in [7, 11) is 1.55. The summed E-state index contributed by atoms with van der Waals surface area (Å²) in [5.74, 6) is 0.598. The van der Waals surface area contributed by atoms with E-state index >= 15 is 0 Å². The molecule has 4 aromatic rings. The molecule has 5 atom stereocenters. The second kappa shape index (κ2) is 20.3. The number of benzene rings is 3. The van der Waals surface area contributed by atoms with Crippen molar-refractivity contribution in [1.82, 2.24) is 14.2 Å². The van der Waals surface area contributed by atoms with Crippen molar-refractivity contribution in [3.05, 3.63) is 118 Å². The van der Waals surface area contributed by atoms with E-state index in [1.165, 1.54) is 4.57 Å². The second-order valence-electron chi connectivity index (χ2n) is 15.0. The molecule has 1 saturated heterocycles. The summed E-state index contributed by atoms with van der Waals surface area (Å²) >= 11 is 0. The predicted octanol–water partition coefficient (Wildman–Crippen LogP) is 8.06. The van der Waals surface area contributed by atoms with Gasteiger partial charge < -0.3 is 33.3 Å². The van der Waals surface area contributed by atoms with Gasteiger partial charge in [-0.3, -0.25) is 9.36 Å². The number of nitrogens with one attached hydrogen (secondary N) is 1. The smallest absolute Gasteiger partial charge is 0.351 e. The third-order valence-corrected chi connectivity index (χ3v) is 12.2. The quantitative estimate of drug-likeness (QED) is 0.0557. The molecule has 0 radical (unpaired) electrons. The molecule has 0 bridgehead atoms. The van der Waals surface area contributed by atoms with Crippen molar-refractivity contribution in [3.8, 4) is 17.6 Å². The molecule has 1 aliphatic rings. The van der Waals surface area contributed by atoms with Crippen molar-refractivity contribution < 1.29 is 32.8 Å². The van der Waals surface area contributed by atoms with E-state index in [1.807, 2.05) is 85.8 Å². The molecule has 1 amide bonds. The summed E-state index contributed by atoms with van der Waals surface area (Å²) in [5, 5.41) is 12.1. The van der Waals surface area contributed by atoms with E-state index < -0.39 is 44.2 Å². The predicted molar refractivity (Wildman–Crippen MR) is 223 cm³/mol. The highest BCUT2D eigenvalue weighted by molar-refractivity contribution is 7.44. The molecule has 1 N–H and O–H groups in total. The second-order valence-corrected chi connectivity index (χ2v) is 16.4. The number of nitriles is 1. The number of ether oxygens (including phenoxy) is 4. The number of hydrogen-bond acceptors (Lipinski definition) is 11. The van der Waals surface area contributed by atoms with Gasteiger partial charge in [-0.05, 0) is 74.7 Å². The number of carbonyl (C=O) groups is 1. The number of rotatable bonds is 19. The zero-order valence-electron chi connectivity index (χ0n) is 34.8. The average Bonchev–Trinajstić information content (AvgIpc) is 3.52. The Morgan fingerprint density at radius 2 is 1.48 bits per heavy atom. The highest BCUT2D eigenvalue weighted by Crippen LogP contribution is 2.52. The van der Waals surface area contributed by atoms with E-state index in [4.69, 9.17) is 28.0 Å². The van der Waals surface area contributed by atoms with Crippen molar-refractivity contribution >= 4 is 20.3 Å². The van der Waals surface area contributed by atoms with Gasteiger partial charge in [0.05, 0.1) is 39.9 Å². The molecule has 310 valence electrons. The van der Waals surface area contributed by atoms with Crippen molar-refractivity contribution in [2.75, 3.05) is 32.8 Å². The van der Waals surface area contributed by atoms with Crippen LogP contribution in [0.15, 0.2) is 95.9 Å². The van der Waals surface area contributed by atoms with Crippen LogP contribution >= 0.6 is 8.53 Å². The van der Waals surface area contributed by atoms with Crippen LogP contribution in [0.2, 0.25) is 0 Å². The maximum atomic E-state index is 13.7. The molecule has 3 aromatic carbocycles. The zero-order chi connectivity index (χ0) is 42.0. The summed E-state index contributed by atoms with van der Waals surface area (Å²) in [5.41, 5.74) is 0.818. The van der Waals surface area contributed by atoms with Crippen molar-refractivity contribution in [1.29, 1.82) is 5.26 Å². The summed E-state index contributed by atoms with van der Waals surface area (Å²) in [4.78, 5) is 30.3. The van der Waals surface area contributed by atoms with E-state index in [1.54, 1.807) is 40.3 Å². The van der Waals surface area contributed by atoms with Gasteiger partial charge in [-0.2, -0.15) is 10.2 Å². The maximum absolute atomic E-state index is 13.7. The van der Waals surface area contributed by atoms with Crippen LogP contribution in [-0.2, 0) is 28.9 Å². The fraction of sp³-hybridized carbons (Fsp3) is 0.455. The Hall–Kier alpha value is -4.67. The molecule has 13 nitrogen and oxygen atoms in total. The largest absolute Gasteiger partial charge is 0.497 e. The number of hydrogen-bond donors (Lipinski definition) is 1. The van der Waals surface area contributed by atoms with Gasteiger partial charge in [-0.15, -0.1) is 0 Å². The SMILES string of the molecule is COc1ccc(C(OC[C@H]2O[C@@H](n3ccc(NC(=O)C(C)C)nc3=O)[C@@H](C)[C@@H]2OP(OCCC#N)N(C(C)C)C(C)C)(c2ccccc2)c2ccc(OC)cc2)cc1. The molecule has 58 heavy (non-hydrogen) atoms. The van der Waals surface area contributed by atoms with Crippen molar-refractivity contribution in [3.63, 3.8) is 0 Å². The Bertz CT molecular complexity index is 1970. The molecule has 0 aliphatic carbocycles. The van der Waals surface area contributed by atoms with Crippen LogP contribution in [-0.4, -0.2) is 71.9 Å². The Balaban J connectivity index is 1.61. The van der Waals surface area contributed by atoms with Crippen LogP contribution in [0.1, 0.15) is 77.8 Å². The van der Waals surface area contributed by atoms with Gasteiger partial charge in [0.2, 0.25) is 5.91 Å². The van der Waals surface area contributed by atoms with Crippen LogP contribution in [0, 0.1) is 23.2 Å². The van der Waals surface area contributed by atoms with Gasteiger partial charge in [-0.25, -0.2) is 9.46 Å². The summed E-state index contributed by atoms with van der Waals surface area (Å²) in [6.45, 7) is 14.0. The van der Waals surface area contributed by atoms with E-state index in [-0.39, 0.29) is 49.4 Å². The minimum Gasteiger partial charge on any atom is -0.497 e. The third-order valence-electron chi connectivity index (χ3n) is 10.0. The van der Waals surface area contributed by atoms with Crippen LogP contribution in [0.4, 0.5) is 5.82 Å². The Kier molecular flexibility index (Phi) is 15.6. The lowest BCUT2D eigenvalue weighted by molar-refractivity contribution is -0.118. The fourth-order valence-corrected chi connectivity index (χ4v) is 8.97. The fourth-order valence-electron chi connectivity index (χ4n) is 7.12. The third kappa shape index (κ3) is 10.1. The maximum Gasteiger partial charge on any atom is 0.351 e. The number of aromatic nitrogens is 2. The minimum absolute atomic E-state index is 0.0217. The molecule has 5 rings (SSSR count). The molecule has 0 saturated carbocycles. The molecular weight excluding hydrogens is 757 g/mol. The van der Waals surface area contributed by atoms with Crippen molar-refractivity contribution in [2.45, 2.75) is 91.0 Å². The van der Waals surface area contributed by atoms with Gasteiger partial charge in [0, 0.05) is 30.1 Å². The first-order valence-electron chi connectivity index (χ1n) is 19.6. The molecule has 0 spiro atoms. The van der Waals surface area contributed by atoms with E-state index in [0.717, 1.165) is 16.7 Å². The van der Waals surface area contributed by atoms with Crippen molar-refractivity contribution in [2.24, 2.45) is 11.8 Å². The molecular formula is C44H56N5O8P. The van der Waals surface area contributed by atoms with Gasteiger partial charge in [0.25, 0.3) is 8.53 Å². The summed E-state index contributed by atoms with van der Waals surface area (Å²) in [6.07, 6.45) is -0.411. The first kappa shape index (κ1) is 44.4. The van der Waals surface area contributed by atoms with Crippen LogP contribution < -0.4 is 20.5 Å². The van der Waals surface area contributed by atoms with Crippen LogP contribution in [0.5, 0.6) is 11.5 Å². The van der Waals surface area contributed by atoms with Crippen LogP contribution in [0.3, 0.4) is 0 Å². The highest BCUT2D eigenvalue weighted by Gasteiger charge is 2.49. The molecule has 1 fully saturated rings. The molecule has 1 aliphatic heterocycles. The normalized spacial score (nSPS) is 18.8. The van der Waals surface area contributed by atoms with E-state index in [2.05, 4.69) is 48.7 Å².